The van der Waals surface area contributed by atoms with E-state index in [9.17, 15) is 14.4 Å². The third-order valence-electron chi connectivity index (χ3n) is 4.72. The molecule has 0 aliphatic carbocycles. The van der Waals surface area contributed by atoms with Crippen molar-refractivity contribution >= 4 is 29.8 Å². The highest BCUT2D eigenvalue weighted by molar-refractivity contribution is 5.88. The zero-order valence-corrected chi connectivity index (χ0v) is 19.2. The molecule has 0 bridgehead atoms. The van der Waals surface area contributed by atoms with Gasteiger partial charge in [-0.05, 0) is 38.2 Å². The fraction of sp³-hybridized carbons (Fsp3) is 0.348. The number of hydrogen-bond donors (Lipinski definition) is 4. The van der Waals surface area contributed by atoms with Crippen LogP contribution in [0.4, 0.5) is 5.69 Å². The molecule has 4 N–H and O–H groups in total. The van der Waals surface area contributed by atoms with Crippen LogP contribution >= 0.6 is 0 Å². The Bertz CT molecular complexity index is 1060. The number of pyridine rings is 1. The number of rotatable bonds is 10. The van der Waals surface area contributed by atoms with Crippen LogP contribution < -0.4 is 9.47 Å². The van der Waals surface area contributed by atoms with Crippen molar-refractivity contribution in [3.63, 3.8) is 0 Å². The van der Waals surface area contributed by atoms with Crippen LogP contribution in [0.5, 0.6) is 11.5 Å². The molecule has 1 aliphatic heterocycles. The smallest absolute Gasteiger partial charge is 0.336 e. The van der Waals surface area contributed by atoms with E-state index in [4.69, 9.17) is 29.9 Å². The maximum Gasteiger partial charge on any atom is 0.336 e. The molecule has 0 spiro atoms. The van der Waals surface area contributed by atoms with Crippen LogP contribution in [0.25, 0.3) is 0 Å². The minimum absolute atomic E-state index is 0.276. The maximum atomic E-state index is 10.3. The number of nitrogens with zero attached hydrogens (tertiary/aromatic N) is 3. The van der Waals surface area contributed by atoms with Crippen LogP contribution in [0.15, 0.2) is 41.7 Å². The molecule has 1 aliphatic rings. The fourth-order valence-corrected chi connectivity index (χ4v) is 2.95. The zero-order chi connectivity index (χ0) is 26.0. The van der Waals surface area contributed by atoms with Gasteiger partial charge in [0.25, 0.3) is 0 Å². The first-order valence-corrected chi connectivity index (χ1v) is 10.4. The molecule has 0 atom stereocenters. The number of aromatic nitrogens is 1. The molecule has 0 saturated carbocycles. The molecule has 0 unspecified atom stereocenters. The second-order valence-electron chi connectivity index (χ2n) is 7.91. The van der Waals surface area contributed by atoms with Gasteiger partial charge in [0.2, 0.25) is 6.79 Å². The van der Waals surface area contributed by atoms with Gasteiger partial charge in [-0.1, -0.05) is 6.07 Å². The zero-order valence-electron chi connectivity index (χ0n) is 19.2. The summed E-state index contributed by atoms with van der Waals surface area (Å²) < 4.78 is 10.9. The van der Waals surface area contributed by atoms with Crippen molar-refractivity contribution in [3.05, 3.63) is 47.8 Å². The molecule has 2 aromatic rings. The summed E-state index contributed by atoms with van der Waals surface area (Å²) in [5, 5.41) is 33.8. The van der Waals surface area contributed by atoms with E-state index < -0.39 is 36.4 Å². The van der Waals surface area contributed by atoms with E-state index in [-0.39, 0.29) is 6.79 Å². The molecule has 0 fully saturated rings. The molecule has 12 nitrogen and oxygen atoms in total. The van der Waals surface area contributed by atoms with Crippen LogP contribution in [-0.2, 0) is 20.8 Å². The topological polar surface area (TPSA) is 179 Å². The lowest BCUT2D eigenvalue weighted by Gasteiger charge is -2.18. The van der Waals surface area contributed by atoms with Crippen LogP contribution in [0.1, 0.15) is 24.0 Å². The third-order valence-corrected chi connectivity index (χ3v) is 4.72. The predicted molar refractivity (Wildman–Crippen MR) is 123 cm³/mol. The Kier molecular flexibility index (Phi) is 9.67. The first kappa shape index (κ1) is 27.2. The lowest BCUT2D eigenvalue weighted by molar-refractivity contribution is -0.170. The van der Waals surface area contributed by atoms with Gasteiger partial charge in [0.15, 0.2) is 17.1 Å². The summed E-state index contributed by atoms with van der Waals surface area (Å²) in [7, 11) is 4.12. The van der Waals surface area contributed by atoms with E-state index in [0.717, 1.165) is 41.3 Å². The Morgan fingerprint density at radius 2 is 1.74 bits per heavy atom. The average molecular weight is 489 g/mol. The van der Waals surface area contributed by atoms with Crippen molar-refractivity contribution in [1.29, 1.82) is 0 Å². The van der Waals surface area contributed by atoms with Gasteiger partial charge in [-0.25, -0.2) is 4.79 Å². The molecule has 2 heterocycles. The van der Waals surface area contributed by atoms with Gasteiger partial charge in [0, 0.05) is 36.8 Å². The van der Waals surface area contributed by atoms with Crippen LogP contribution in [0, 0.1) is 0 Å². The number of carbonyl (C=O) groups is 3. The van der Waals surface area contributed by atoms with Gasteiger partial charge in [-0.15, -0.1) is 0 Å². The molecular weight excluding hydrogens is 462 g/mol. The van der Waals surface area contributed by atoms with E-state index in [1.807, 2.05) is 30.5 Å². The molecule has 35 heavy (non-hydrogen) atoms. The van der Waals surface area contributed by atoms with Crippen molar-refractivity contribution in [2.24, 2.45) is 4.99 Å². The summed E-state index contributed by atoms with van der Waals surface area (Å²) in [5.41, 5.74) is 0.296. The predicted octanol–water partition coefficient (Wildman–Crippen LogP) is 1.42. The minimum Gasteiger partial charge on any atom is -0.481 e. The average Bonchev–Trinajstić information content (AvgIpc) is 3.23. The van der Waals surface area contributed by atoms with Gasteiger partial charge >= 0.3 is 17.9 Å². The normalized spacial score (nSPS) is 12.3. The van der Waals surface area contributed by atoms with E-state index >= 15 is 0 Å². The van der Waals surface area contributed by atoms with Crippen molar-refractivity contribution < 1.29 is 44.3 Å². The number of aliphatic imine (C=N–C) groups is 1. The standard InChI is InChI=1S/C17H19N3O2.C6H8O7/c1-20(2)7-5-14-8-16-17(22-12-21-16)9-15(14)19-11-13-4-3-6-18-10-13;7-3(8)1-6(13,5(11)12)2-4(9)10/h3-4,6,8-11H,5,7,12H2,1-2H3;13H,1-2H2,(H,7,8)(H,9,10)(H,11,12). The van der Waals surface area contributed by atoms with E-state index in [1.54, 1.807) is 12.4 Å². The number of aliphatic hydroxyl groups is 1. The molecular formula is C23H27N3O9. The van der Waals surface area contributed by atoms with E-state index in [1.165, 1.54) is 0 Å². The summed E-state index contributed by atoms with van der Waals surface area (Å²) >= 11 is 0. The quantitative estimate of drug-likeness (QED) is 0.355. The lowest BCUT2D eigenvalue weighted by atomic mass is 9.96. The minimum atomic E-state index is -2.74. The summed E-state index contributed by atoms with van der Waals surface area (Å²) in [5.74, 6) is -3.46. The fourth-order valence-electron chi connectivity index (χ4n) is 2.95. The number of carboxylic acid groups (broad SMARTS) is 3. The Balaban J connectivity index is 0.000000287. The number of fused-ring (bicyclic) bond motifs is 1. The van der Waals surface area contributed by atoms with Gasteiger partial charge in [-0.3, -0.25) is 19.6 Å². The van der Waals surface area contributed by atoms with Gasteiger partial charge < -0.3 is 34.8 Å². The molecule has 1 aromatic carbocycles. The molecule has 1 aromatic heterocycles. The van der Waals surface area contributed by atoms with Crippen molar-refractivity contribution in [3.8, 4) is 11.5 Å². The highest BCUT2D eigenvalue weighted by Crippen LogP contribution is 2.38. The Labute approximate surface area is 201 Å². The van der Waals surface area contributed by atoms with Gasteiger partial charge in [-0.2, -0.15) is 0 Å². The SMILES string of the molecule is CN(C)CCc1cc2c(cc1N=Cc1cccnc1)OCO2.O=C(O)CC(O)(CC(=O)O)C(=O)O. The largest absolute Gasteiger partial charge is 0.481 e. The molecule has 0 radical (unpaired) electrons. The second-order valence-corrected chi connectivity index (χ2v) is 7.91. The van der Waals surface area contributed by atoms with Crippen molar-refractivity contribution in [2.45, 2.75) is 24.9 Å². The van der Waals surface area contributed by atoms with Gasteiger partial charge in [0.1, 0.15) is 0 Å². The number of carboxylic acids is 3. The van der Waals surface area contributed by atoms with Crippen molar-refractivity contribution in [1.82, 2.24) is 9.88 Å². The second kappa shape index (κ2) is 12.4. The van der Waals surface area contributed by atoms with E-state index in [0.29, 0.717) is 0 Å². The number of hydrogen-bond acceptors (Lipinski definition) is 9. The molecule has 0 amide bonds. The summed E-state index contributed by atoms with van der Waals surface area (Å²) in [4.78, 5) is 41.3. The van der Waals surface area contributed by atoms with Gasteiger partial charge in [0.05, 0.1) is 18.5 Å². The van der Waals surface area contributed by atoms with Crippen LogP contribution in [-0.4, -0.2) is 87.5 Å². The molecule has 188 valence electrons. The first-order chi connectivity index (χ1) is 16.5. The Morgan fingerprint density at radius 3 is 2.26 bits per heavy atom. The maximum absolute atomic E-state index is 10.3. The van der Waals surface area contributed by atoms with Crippen LogP contribution in [0.2, 0.25) is 0 Å². The van der Waals surface area contributed by atoms with Crippen LogP contribution in [0.3, 0.4) is 0 Å². The molecule has 3 rings (SSSR count). The Morgan fingerprint density at radius 1 is 1.11 bits per heavy atom. The summed E-state index contributed by atoms with van der Waals surface area (Å²) in [6.45, 7) is 1.23. The summed E-state index contributed by atoms with van der Waals surface area (Å²) in [6, 6.07) is 7.85. The Hall–Kier alpha value is -4.03. The number of benzene rings is 1. The molecule has 12 heteroatoms. The highest BCUT2D eigenvalue weighted by Gasteiger charge is 2.40. The number of aliphatic carboxylic acids is 3. The lowest BCUT2D eigenvalue weighted by Crippen LogP contribution is -2.42. The van der Waals surface area contributed by atoms with Crippen molar-refractivity contribution in [2.75, 3.05) is 27.4 Å². The summed E-state index contributed by atoms with van der Waals surface area (Å²) in [6.07, 6.45) is 3.98. The third kappa shape index (κ3) is 8.68. The molecule has 0 saturated heterocycles. The monoisotopic (exact) mass is 489 g/mol. The number of ether oxygens (including phenoxy) is 2. The first-order valence-electron chi connectivity index (χ1n) is 10.4. The van der Waals surface area contributed by atoms with E-state index in [2.05, 4.69) is 29.0 Å². The highest BCUT2D eigenvalue weighted by atomic mass is 16.7. The number of likely N-dealkylation sites (N-methyl/N-ethyl adjacent to an activating group) is 1.